The molecule has 1 aromatic carbocycles. The summed E-state index contributed by atoms with van der Waals surface area (Å²) in [6.07, 6.45) is 7.37. The van der Waals surface area contributed by atoms with Gasteiger partial charge in [-0.3, -0.25) is 4.79 Å². The predicted octanol–water partition coefficient (Wildman–Crippen LogP) is 1.36. The summed E-state index contributed by atoms with van der Waals surface area (Å²) in [5, 5.41) is 2.79. The molecule has 0 radical (unpaired) electrons. The van der Waals surface area contributed by atoms with E-state index in [-0.39, 0.29) is 5.91 Å². The third-order valence-corrected chi connectivity index (χ3v) is 2.55. The first-order valence-corrected chi connectivity index (χ1v) is 6.04. The fourth-order valence-electron chi connectivity index (χ4n) is 1.63. The summed E-state index contributed by atoms with van der Waals surface area (Å²) in [4.78, 5) is 18.6. The number of hydrogen-bond acceptors (Lipinski definition) is 3. The average molecular weight is 256 g/mol. The van der Waals surface area contributed by atoms with Crippen LogP contribution in [0.2, 0.25) is 0 Å². The van der Waals surface area contributed by atoms with Crippen LogP contribution in [0.5, 0.6) is 0 Å². The third kappa shape index (κ3) is 4.31. The maximum Gasteiger partial charge on any atom is 0.244 e. The van der Waals surface area contributed by atoms with Gasteiger partial charge in [0.15, 0.2) is 0 Å². The second kappa shape index (κ2) is 6.39. The van der Waals surface area contributed by atoms with Crippen LogP contribution in [0, 0.1) is 0 Å². The van der Waals surface area contributed by atoms with Crippen molar-refractivity contribution in [3.8, 4) is 0 Å². The van der Waals surface area contributed by atoms with Crippen molar-refractivity contribution in [1.29, 1.82) is 0 Å². The fraction of sp³-hybridized carbons (Fsp3) is 0.143. The van der Waals surface area contributed by atoms with Gasteiger partial charge in [0.05, 0.1) is 0 Å². The summed E-state index contributed by atoms with van der Waals surface area (Å²) in [6, 6.07) is 7.36. The fourth-order valence-corrected chi connectivity index (χ4v) is 1.63. The first-order valence-electron chi connectivity index (χ1n) is 6.04. The molecule has 98 valence electrons. The van der Waals surface area contributed by atoms with Gasteiger partial charge in [0.2, 0.25) is 5.91 Å². The summed E-state index contributed by atoms with van der Waals surface area (Å²) >= 11 is 0. The number of imidazole rings is 1. The average Bonchev–Trinajstić information content (AvgIpc) is 2.90. The number of aromatic nitrogens is 2. The lowest BCUT2D eigenvalue weighted by molar-refractivity contribution is -0.116. The number of nitrogens with one attached hydrogen (secondary N) is 2. The number of nitrogens with zero attached hydrogens (tertiary/aromatic N) is 1. The molecule has 0 fully saturated rings. The van der Waals surface area contributed by atoms with Crippen LogP contribution in [0.15, 0.2) is 42.7 Å². The Hall–Kier alpha value is -2.56. The molecule has 0 aliphatic carbocycles. The van der Waals surface area contributed by atoms with E-state index >= 15 is 0 Å². The van der Waals surface area contributed by atoms with E-state index < -0.39 is 0 Å². The lowest BCUT2D eigenvalue weighted by Gasteiger charge is -2.00. The molecule has 0 saturated carbocycles. The number of aromatic amines is 1. The van der Waals surface area contributed by atoms with Crippen molar-refractivity contribution >= 4 is 17.7 Å². The number of H-pyrrole nitrogens is 1. The van der Waals surface area contributed by atoms with Crippen molar-refractivity contribution < 1.29 is 4.79 Å². The zero-order valence-corrected chi connectivity index (χ0v) is 10.5. The number of benzene rings is 1. The zero-order valence-electron chi connectivity index (χ0n) is 10.5. The molecule has 2 rings (SSSR count). The van der Waals surface area contributed by atoms with Gasteiger partial charge in [-0.05, 0) is 23.8 Å². The molecule has 0 aliphatic heterocycles. The van der Waals surface area contributed by atoms with E-state index in [9.17, 15) is 4.79 Å². The summed E-state index contributed by atoms with van der Waals surface area (Å²) < 4.78 is 0. The Bertz CT molecular complexity index is 561. The molecule has 1 aromatic heterocycles. The molecule has 19 heavy (non-hydrogen) atoms. The zero-order chi connectivity index (χ0) is 13.5. The highest BCUT2D eigenvalue weighted by molar-refractivity contribution is 5.91. The first kappa shape index (κ1) is 12.9. The van der Waals surface area contributed by atoms with Crippen LogP contribution in [0.1, 0.15) is 11.4 Å². The number of rotatable bonds is 5. The molecule has 4 N–H and O–H groups in total. The van der Waals surface area contributed by atoms with Gasteiger partial charge in [0, 0.05) is 37.1 Å². The quantitative estimate of drug-likeness (QED) is 0.558. The molecular formula is C14H16N4O. The van der Waals surface area contributed by atoms with Crippen molar-refractivity contribution in [2.24, 2.45) is 0 Å². The van der Waals surface area contributed by atoms with E-state index in [1.165, 1.54) is 6.08 Å². The third-order valence-electron chi connectivity index (χ3n) is 2.55. The number of hydrogen-bond donors (Lipinski definition) is 3. The predicted molar refractivity (Wildman–Crippen MR) is 75.2 cm³/mol. The van der Waals surface area contributed by atoms with Crippen LogP contribution in [0.25, 0.3) is 6.08 Å². The highest BCUT2D eigenvalue weighted by Gasteiger charge is 1.97. The summed E-state index contributed by atoms with van der Waals surface area (Å²) in [6.45, 7) is 0.549. The lowest BCUT2D eigenvalue weighted by Crippen LogP contribution is -2.23. The summed E-state index contributed by atoms with van der Waals surface area (Å²) in [7, 11) is 0. The minimum Gasteiger partial charge on any atom is -0.399 e. The number of carbonyl (C=O) groups excluding carboxylic acids is 1. The van der Waals surface area contributed by atoms with Crippen molar-refractivity contribution in [2.45, 2.75) is 6.42 Å². The Kier molecular flexibility index (Phi) is 4.34. The summed E-state index contributed by atoms with van der Waals surface area (Å²) in [5.41, 5.74) is 7.24. The van der Waals surface area contributed by atoms with E-state index in [0.717, 1.165) is 11.4 Å². The molecule has 0 spiro atoms. The van der Waals surface area contributed by atoms with Gasteiger partial charge in [-0.15, -0.1) is 0 Å². The number of anilines is 1. The molecule has 0 atom stereocenters. The van der Waals surface area contributed by atoms with Crippen LogP contribution in [-0.4, -0.2) is 22.4 Å². The minimum atomic E-state index is -0.131. The van der Waals surface area contributed by atoms with Crippen LogP contribution in [-0.2, 0) is 11.2 Å². The van der Waals surface area contributed by atoms with Gasteiger partial charge < -0.3 is 16.0 Å². The topological polar surface area (TPSA) is 83.8 Å². The number of nitrogen functional groups attached to an aromatic ring is 1. The molecular weight excluding hydrogens is 240 g/mol. The Morgan fingerprint density at radius 1 is 1.47 bits per heavy atom. The molecule has 0 bridgehead atoms. The second-order valence-electron chi connectivity index (χ2n) is 4.08. The molecule has 5 nitrogen and oxygen atoms in total. The smallest absolute Gasteiger partial charge is 0.244 e. The Labute approximate surface area is 111 Å². The van der Waals surface area contributed by atoms with Crippen molar-refractivity contribution in [2.75, 3.05) is 12.3 Å². The van der Waals surface area contributed by atoms with Gasteiger partial charge in [-0.1, -0.05) is 12.1 Å². The Balaban J connectivity index is 1.78. The van der Waals surface area contributed by atoms with Crippen LogP contribution < -0.4 is 11.1 Å². The van der Waals surface area contributed by atoms with Gasteiger partial charge in [-0.25, -0.2) is 4.98 Å². The van der Waals surface area contributed by atoms with E-state index in [2.05, 4.69) is 15.3 Å². The molecule has 0 unspecified atom stereocenters. The van der Waals surface area contributed by atoms with Crippen LogP contribution >= 0.6 is 0 Å². The molecule has 2 aromatic rings. The number of carbonyl (C=O) groups is 1. The first-order chi connectivity index (χ1) is 9.24. The molecule has 5 heteroatoms. The molecule has 0 aliphatic rings. The largest absolute Gasteiger partial charge is 0.399 e. The number of amides is 1. The van der Waals surface area contributed by atoms with Crippen molar-refractivity contribution in [1.82, 2.24) is 15.3 Å². The van der Waals surface area contributed by atoms with Gasteiger partial charge in [0.25, 0.3) is 0 Å². The van der Waals surface area contributed by atoms with Gasteiger partial charge in [0.1, 0.15) is 5.82 Å². The maximum atomic E-state index is 11.6. The van der Waals surface area contributed by atoms with E-state index in [0.29, 0.717) is 18.7 Å². The van der Waals surface area contributed by atoms with Crippen molar-refractivity contribution in [3.63, 3.8) is 0 Å². The molecule has 0 saturated heterocycles. The monoisotopic (exact) mass is 256 g/mol. The SMILES string of the molecule is Nc1cccc(/C=C/C(=O)NCCc2ncc[nH]2)c1. The second-order valence-corrected chi connectivity index (χ2v) is 4.08. The maximum absolute atomic E-state index is 11.6. The normalized spacial score (nSPS) is 10.7. The standard InChI is InChI=1S/C14H16N4O/c15-12-3-1-2-11(10-12)4-5-14(19)18-7-6-13-16-8-9-17-13/h1-5,8-10H,6-7,15H2,(H,16,17)(H,18,19)/b5-4+. The van der Waals surface area contributed by atoms with Crippen LogP contribution in [0.3, 0.4) is 0 Å². The van der Waals surface area contributed by atoms with Gasteiger partial charge >= 0.3 is 0 Å². The highest BCUT2D eigenvalue weighted by Crippen LogP contribution is 2.07. The lowest BCUT2D eigenvalue weighted by atomic mass is 10.2. The molecule has 1 heterocycles. The Morgan fingerprint density at radius 3 is 3.11 bits per heavy atom. The minimum absolute atomic E-state index is 0.131. The Morgan fingerprint density at radius 2 is 2.37 bits per heavy atom. The van der Waals surface area contributed by atoms with E-state index in [1.807, 2.05) is 18.2 Å². The molecule has 1 amide bonds. The highest BCUT2D eigenvalue weighted by atomic mass is 16.1. The van der Waals surface area contributed by atoms with Gasteiger partial charge in [-0.2, -0.15) is 0 Å². The van der Waals surface area contributed by atoms with E-state index in [4.69, 9.17) is 5.73 Å². The van der Waals surface area contributed by atoms with Crippen molar-refractivity contribution in [3.05, 3.63) is 54.1 Å². The summed E-state index contributed by atoms with van der Waals surface area (Å²) in [5.74, 6) is 0.731. The number of nitrogens with two attached hydrogens (primary N) is 1. The van der Waals surface area contributed by atoms with E-state index in [1.54, 1.807) is 24.5 Å². The van der Waals surface area contributed by atoms with Crippen LogP contribution in [0.4, 0.5) is 5.69 Å².